The first kappa shape index (κ1) is 20.6. The van der Waals surface area contributed by atoms with Crippen LogP contribution < -0.4 is 5.56 Å². The smallest absolute Gasteiger partial charge is 0.254 e. The van der Waals surface area contributed by atoms with Gasteiger partial charge in [0.1, 0.15) is 5.82 Å². The van der Waals surface area contributed by atoms with Crippen molar-refractivity contribution in [2.45, 2.75) is 57.5 Å². The van der Waals surface area contributed by atoms with Crippen LogP contribution >= 0.6 is 0 Å². The lowest BCUT2D eigenvalue weighted by Gasteiger charge is -2.29. The highest BCUT2D eigenvalue weighted by molar-refractivity contribution is 5.94. The van der Waals surface area contributed by atoms with Gasteiger partial charge in [0, 0.05) is 42.5 Å². The molecule has 2 amide bonds. The molecule has 1 saturated heterocycles. The molecule has 0 radical (unpaired) electrons. The summed E-state index contributed by atoms with van der Waals surface area (Å²) in [5.41, 5.74) is 1.76. The quantitative estimate of drug-likeness (QED) is 0.779. The highest BCUT2D eigenvalue weighted by Gasteiger charge is 2.56. The Morgan fingerprint density at radius 2 is 1.76 bits per heavy atom. The lowest BCUT2D eigenvalue weighted by Crippen LogP contribution is -2.40. The van der Waals surface area contributed by atoms with Crippen molar-refractivity contribution in [1.82, 2.24) is 24.8 Å². The highest BCUT2D eigenvalue weighted by atomic mass is 16.2. The lowest BCUT2D eigenvalue weighted by atomic mass is 10.0. The second-order valence-electron chi connectivity index (χ2n) is 9.92. The Morgan fingerprint density at radius 3 is 2.52 bits per heavy atom. The third kappa shape index (κ3) is 3.56. The van der Waals surface area contributed by atoms with Crippen LogP contribution in [-0.4, -0.2) is 49.7 Å². The van der Waals surface area contributed by atoms with E-state index in [1.54, 1.807) is 29.4 Å². The van der Waals surface area contributed by atoms with E-state index in [-0.39, 0.29) is 29.3 Å². The van der Waals surface area contributed by atoms with Crippen molar-refractivity contribution in [3.05, 3.63) is 57.5 Å². The molecule has 4 heterocycles. The number of fused-ring (bicyclic) bond motifs is 2. The third-order valence-corrected chi connectivity index (χ3v) is 8.10. The van der Waals surface area contributed by atoms with Crippen LogP contribution in [0, 0.1) is 17.8 Å². The summed E-state index contributed by atoms with van der Waals surface area (Å²) >= 11 is 0. The van der Waals surface area contributed by atoms with Crippen LogP contribution in [0.3, 0.4) is 0 Å². The van der Waals surface area contributed by atoms with Gasteiger partial charge in [0.15, 0.2) is 0 Å². The standard InChI is InChI=1S/C25H29N5O3/c31-23-18-9-13-29(24(32)15-7-10-26-11-8-15)14-19(18)27-22(28-23)20-6-3-12-30(20)25(33)21-16-4-1-2-5-17(16)21/h7-8,10-11,16-17,20-21H,1-6,9,12-14H2,(H,27,28,31)/t16-,17+,20-,21?/m0/s1. The van der Waals surface area contributed by atoms with Crippen LogP contribution in [0.15, 0.2) is 29.3 Å². The van der Waals surface area contributed by atoms with Gasteiger partial charge >= 0.3 is 0 Å². The number of amides is 2. The fraction of sp³-hybridized carbons (Fsp3) is 0.560. The van der Waals surface area contributed by atoms with Crippen LogP contribution in [0.4, 0.5) is 0 Å². The Bertz CT molecular complexity index is 1130. The molecule has 4 aliphatic rings. The Balaban J connectivity index is 1.24. The number of aromatic amines is 1. The van der Waals surface area contributed by atoms with E-state index in [4.69, 9.17) is 4.98 Å². The molecule has 172 valence electrons. The monoisotopic (exact) mass is 447 g/mol. The number of pyridine rings is 1. The summed E-state index contributed by atoms with van der Waals surface area (Å²) in [5.74, 6) is 2.05. The van der Waals surface area contributed by atoms with Crippen LogP contribution in [0.1, 0.15) is 72.0 Å². The van der Waals surface area contributed by atoms with E-state index < -0.39 is 0 Å². The number of rotatable bonds is 3. The summed E-state index contributed by atoms with van der Waals surface area (Å²) in [4.78, 5) is 54.7. The normalized spacial score (nSPS) is 28.2. The first-order valence-corrected chi connectivity index (χ1v) is 12.2. The zero-order valence-corrected chi connectivity index (χ0v) is 18.7. The number of aromatic nitrogens is 3. The molecule has 2 aromatic heterocycles. The molecule has 0 bridgehead atoms. The summed E-state index contributed by atoms with van der Waals surface area (Å²) in [6.45, 7) is 1.52. The van der Waals surface area contributed by atoms with E-state index in [1.807, 2.05) is 4.90 Å². The van der Waals surface area contributed by atoms with Gasteiger partial charge in [-0.25, -0.2) is 4.98 Å². The number of hydrogen-bond acceptors (Lipinski definition) is 5. The molecule has 33 heavy (non-hydrogen) atoms. The molecule has 0 spiro atoms. The first-order valence-electron chi connectivity index (χ1n) is 12.2. The number of likely N-dealkylation sites (tertiary alicyclic amines) is 1. The maximum absolute atomic E-state index is 13.4. The number of nitrogens with zero attached hydrogens (tertiary/aromatic N) is 4. The molecule has 6 rings (SSSR count). The first-order chi connectivity index (χ1) is 16.1. The molecule has 8 heteroatoms. The van der Waals surface area contributed by atoms with Gasteiger partial charge in [0.25, 0.3) is 11.5 Å². The van der Waals surface area contributed by atoms with E-state index in [0.29, 0.717) is 54.0 Å². The number of nitrogens with one attached hydrogen (secondary N) is 1. The molecule has 8 nitrogen and oxygen atoms in total. The van der Waals surface area contributed by atoms with E-state index >= 15 is 0 Å². The fourth-order valence-corrected chi connectivity index (χ4v) is 6.33. The topological polar surface area (TPSA) is 99.3 Å². The van der Waals surface area contributed by atoms with Crippen molar-refractivity contribution in [1.29, 1.82) is 0 Å². The predicted molar refractivity (Wildman–Crippen MR) is 120 cm³/mol. The van der Waals surface area contributed by atoms with Crippen LogP contribution in [0.5, 0.6) is 0 Å². The number of carbonyl (C=O) groups is 2. The molecular weight excluding hydrogens is 418 g/mol. The van der Waals surface area contributed by atoms with Gasteiger partial charge in [-0.1, -0.05) is 12.8 Å². The van der Waals surface area contributed by atoms with Crippen LogP contribution in [0.2, 0.25) is 0 Å². The van der Waals surface area contributed by atoms with Crippen molar-refractivity contribution >= 4 is 11.8 Å². The molecule has 4 atom stereocenters. The predicted octanol–water partition coefficient (Wildman–Crippen LogP) is 2.46. The van der Waals surface area contributed by atoms with Crippen LogP contribution in [-0.2, 0) is 17.8 Å². The molecule has 1 N–H and O–H groups in total. The maximum Gasteiger partial charge on any atom is 0.254 e. The van der Waals surface area contributed by atoms with Crippen molar-refractivity contribution in [2.24, 2.45) is 17.8 Å². The maximum atomic E-state index is 13.4. The minimum absolute atomic E-state index is 0.0827. The molecule has 1 unspecified atom stereocenters. The molecular formula is C25H29N5O3. The lowest BCUT2D eigenvalue weighted by molar-refractivity contribution is -0.134. The molecule has 3 fully saturated rings. The molecule has 2 aliphatic carbocycles. The summed E-state index contributed by atoms with van der Waals surface area (Å²) < 4.78 is 0. The average Bonchev–Trinajstić information content (AvgIpc) is 3.37. The van der Waals surface area contributed by atoms with E-state index in [9.17, 15) is 14.4 Å². The summed E-state index contributed by atoms with van der Waals surface area (Å²) in [6, 6.07) is 3.22. The van der Waals surface area contributed by atoms with Crippen LogP contribution in [0.25, 0.3) is 0 Å². The molecule has 2 aromatic rings. The van der Waals surface area contributed by atoms with Crippen molar-refractivity contribution in [3.8, 4) is 0 Å². The largest absolute Gasteiger partial charge is 0.332 e. The van der Waals surface area contributed by atoms with E-state index in [1.165, 1.54) is 25.7 Å². The van der Waals surface area contributed by atoms with Gasteiger partial charge in [-0.2, -0.15) is 0 Å². The second kappa shape index (κ2) is 8.08. The summed E-state index contributed by atoms with van der Waals surface area (Å²) in [7, 11) is 0. The van der Waals surface area contributed by atoms with Gasteiger partial charge in [0.05, 0.1) is 18.3 Å². The van der Waals surface area contributed by atoms with Gasteiger partial charge in [-0.05, 0) is 56.1 Å². The number of H-pyrrole nitrogens is 1. The Morgan fingerprint density at radius 1 is 1.00 bits per heavy atom. The summed E-state index contributed by atoms with van der Waals surface area (Å²) in [6.07, 6.45) is 10.3. The SMILES string of the molecule is O=C(c1ccncc1)N1CCc2c(nc([C@@H]3CCCN3C(=O)C3[C@H]4CCCC[C@@H]34)[nH]c2=O)C1. The number of carbonyl (C=O) groups excluding carboxylic acids is 2. The zero-order valence-electron chi connectivity index (χ0n) is 18.7. The molecule has 0 aromatic carbocycles. The van der Waals surface area contributed by atoms with Gasteiger partial charge in [-0.15, -0.1) is 0 Å². The minimum Gasteiger partial charge on any atom is -0.332 e. The minimum atomic E-state index is -0.176. The molecule has 2 saturated carbocycles. The average molecular weight is 448 g/mol. The Hall–Kier alpha value is -3.03. The molecule has 2 aliphatic heterocycles. The Labute approximate surface area is 192 Å². The van der Waals surface area contributed by atoms with E-state index in [2.05, 4.69) is 9.97 Å². The van der Waals surface area contributed by atoms with Gasteiger partial charge < -0.3 is 14.8 Å². The number of hydrogen-bond donors (Lipinski definition) is 1. The fourth-order valence-electron chi connectivity index (χ4n) is 6.33. The Kier molecular flexibility index (Phi) is 5.03. The highest BCUT2D eigenvalue weighted by Crippen LogP contribution is 2.56. The zero-order chi connectivity index (χ0) is 22.5. The van der Waals surface area contributed by atoms with Crippen molar-refractivity contribution < 1.29 is 9.59 Å². The van der Waals surface area contributed by atoms with Crippen molar-refractivity contribution in [3.63, 3.8) is 0 Å². The summed E-state index contributed by atoms with van der Waals surface area (Å²) in [5, 5.41) is 0. The third-order valence-electron chi connectivity index (χ3n) is 8.10. The van der Waals surface area contributed by atoms with Crippen molar-refractivity contribution in [2.75, 3.05) is 13.1 Å². The van der Waals surface area contributed by atoms with Gasteiger partial charge in [-0.3, -0.25) is 19.4 Å². The van der Waals surface area contributed by atoms with Gasteiger partial charge in [0.2, 0.25) is 5.91 Å². The van der Waals surface area contributed by atoms with E-state index in [0.717, 1.165) is 19.4 Å². The second-order valence-corrected chi connectivity index (χ2v) is 9.92.